The van der Waals surface area contributed by atoms with Gasteiger partial charge in [-0.05, 0) is 25.8 Å². The van der Waals surface area contributed by atoms with Crippen LogP contribution in [0.4, 0.5) is 0 Å². The van der Waals surface area contributed by atoms with Crippen LogP contribution in [-0.4, -0.2) is 50.7 Å². The lowest BCUT2D eigenvalue weighted by Gasteiger charge is -2.25. The van der Waals surface area contributed by atoms with E-state index in [0.29, 0.717) is 13.2 Å². The lowest BCUT2D eigenvalue weighted by atomic mass is 10.1. The Kier molecular flexibility index (Phi) is 8.84. The molecule has 0 bridgehead atoms. The first-order valence-corrected chi connectivity index (χ1v) is 11.0. The van der Waals surface area contributed by atoms with Crippen molar-refractivity contribution in [2.75, 3.05) is 14.2 Å². The Labute approximate surface area is 212 Å². The molecule has 10 heteroatoms. The fraction of sp³-hybridized carbons (Fsp3) is 0.478. The maximum atomic E-state index is 5.15. The molecule has 0 radical (unpaired) electrons. The lowest BCUT2D eigenvalue weighted by Crippen LogP contribution is -2.46. The van der Waals surface area contributed by atoms with Crippen LogP contribution in [0.25, 0.3) is 0 Å². The van der Waals surface area contributed by atoms with Crippen LogP contribution in [0.15, 0.2) is 35.3 Å². The van der Waals surface area contributed by atoms with Crippen molar-refractivity contribution in [2.45, 2.75) is 59.0 Å². The van der Waals surface area contributed by atoms with Crippen LogP contribution in [0.3, 0.4) is 0 Å². The number of nitrogens with zero attached hydrogens (tertiary/aromatic N) is 6. The zero-order chi connectivity index (χ0) is 22.5. The number of fused-ring (bicyclic) bond motifs is 1. The van der Waals surface area contributed by atoms with Crippen LogP contribution in [0.5, 0.6) is 0 Å². The van der Waals surface area contributed by atoms with Gasteiger partial charge >= 0.3 is 0 Å². The summed E-state index contributed by atoms with van der Waals surface area (Å²) < 4.78 is 9.20. The fourth-order valence-corrected chi connectivity index (χ4v) is 4.13. The third kappa shape index (κ3) is 6.11. The Morgan fingerprint density at radius 2 is 2.00 bits per heavy atom. The van der Waals surface area contributed by atoms with Crippen LogP contribution in [0, 0.1) is 13.8 Å². The van der Waals surface area contributed by atoms with E-state index in [1.807, 2.05) is 10.7 Å². The molecule has 9 nitrogen and oxygen atoms in total. The van der Waals surface area contributed by atoms with Crippen molar-refractivity contribution in [2.24, 2.45) is 4.99 Å². The molecule has 0 fully saturated rings. The van der Waals surface area contributed by atoms with Crippen molar-refractivity contribution in [1.29, 1.82) is 0 Å². The van der Waals surface area contributed by atoms with Crippen LogP contribution < -0.4 is 10.6 Å². The Balaban J connectivity index is 0.00000306. The van der Waals surface area contributed by atoms with Gasteiger partial charge in [-0.15, -0.1) is 24.0 Å². The van der Waals surface area contributed by atoms with Crippen molar-refractivity contribution in [3.63, 3.8) is 0 Å². The van der Waals surface area contributed by atoms with E-state index in [2.05, 4.69) is 68.5 Å². The van der Waals surface area contributed by atoms with E-state index in [1.54, 1.807) is 14.2 Å². The molecule has 1 aliphatic rings. The normalized spacial score (nSPS) is 15.6. The minimum Gasteiger partial charge on any atom is -0.377 e. The first-order chi connectivity index (χ1) is 15.6. The largest absolute Gasteiger partial charge is 0.377 e. The van der Waals surface area contributed by atoms with Gasteiger partial charge in [-0.2, -0.15) is 10.2 Å². The van der Waals surface area contributed by atoms with E-state index in [0.717, 1.165) is 49.2 Å². The number of ether oxygens (including phenoxy) is 1. The highest BCUT2D eigenvalue weighted by atomic mass is 127. The quantitative estimate of drug-likeness (QED) is 0.261. The molecule has 33 heavy (non-hydrogen) atoms. The van der Waals surface area contributed by atoms with Crippen LogP contribution in [0.2, 0.25) is 0 Å². The summed E-state index contributed by atoms with van der Waals surface area (Å²) in [6.07, 6.45) is 1.87. The summed E-state index contributed by atoms with van der Waals surface area (Å²) in [5.41, 5.74) is 4.66. The molecular formula is C23H33IN8O. The summed E-state index contributed by atoms with van der Waals surface area (Å²) in [7, 11) is 3.46. The molecule has 178 valence electrons. The van der Waals surface area contributed by atoms with Gasteiger partial charge in [0.2, 0.25) is 0 Å². The van der Waals surface area contributed by atoms with Crippen molar-refractivity contribution in [1.82, 2.24) is 35.2 Å². The van der Waals surface area contributed by atoms with Crippen molar-refractivity contribution >= 4 is 29.9 Å². The highest BCUT2D eigenvalue weighted by Crippen LogP contribution is 2.16. The van der Waals surface area contributed by atoms with Gasteiger partial charge in [0.25, 0.3) is 0 Å². The van der Waals surface area contributed by atoms with Crippen molar-refractivity contribution < 1.29 is 4.74 Å². The third-order valence-electron chi connectivity index (χ3n) is 5.88. The molecule has 3 aromatic rings. The summed E-state index contributed by atoms with van der Waals surface area (Å²) in [5.74, 6) is 2.55. The molecule has 1 aromatic carbocycles. The minimum atomic E-state index is 0. The molecule has 0 amide bonds. The zero-order valence-electron chi connectivity index (χ0n) is 19.7. The molecule has 2 aromatic heterocycles. The standard InChI is InChI=1S/C23H32N8O.HI/c1-16-20(17(2)30(28-16)13-18-8-6-5-7-9-18)12-25-23(24-3)26-19-10-11-22-27-21(15-32-4)29-31(22)14-19;/h5-9,19H,10-15H2,1-4H3,(H2,24,25,26);1H. The second-order valence-electron chi connectivity index (χ2n) is 8.16. The maximum absolute atomic E-state index is 5.15. The van der Waals surface area contributed by atoms with Crippen LogP contribution in [-0.2, 0) is 37.4 Å². The van der Waals surface area contributed by atoms with E-state index in [9.17, 15) is 0 Å². The first kappa shape index (κ1) is 25.2. The third-order valence-corrected chi connectivity index (χ3v) is 5.88. The minimum absolute atomic E-state index is 0. The topological polar surface area (TPSA) is 94.2 Å². The van der Waals surface area contributed by atoms with Gasteiger partial charge in [0.05, 0.1) is 18.8 Å². The number of hydrogen-bond acceptors (Lipinski definition) is 5. The van der Waals surface area contributed by atoms with Gasteiger partial charge in [0, 0.05) is 44.4 Å². The summed E-state index contributed by atoms with van der Waals surface area (Å²) in [4.78, 5) is 8.97. The van der Waals surface area contributed by atoms with Gasteiger partial charge in [-0.25, -0.2) is 9.67 Å². The SMILES string of the molecule is CN=C(NCc1c(C)nn(Cc2ccccc2)c1C)NC1CCc2nc(COC)nn2C1.I. The van der Waals surface area contributed by atoms with Crippen LogP contribution >= 0.6 is 24.0 Å². The molecule has 1 aliphatic heterocycles. The number of rotatable bonds is 7. The molecule has 0 aliphatic carbocycles. The van der Waals surface area contributed by atoms with E-state index < -0.39 is 0 Å². The van der Waals surface area contributed by atoms with E-state index in [4.69, 9.17) is 9.84 Å². The average molecular weight is 564 g/mol. The number of nitrogens with one attached hydrogen (secondary N) is 2. The van der Waals surface area contributed by atoms with Crippen molar-refractivity contribution in [3.05, 3.63) is 64.5 Å². The fourth-order valence-electron chi connectivity index (χ4n) is 4.13. The highest BCUT2D eigenvalue weighted by Gasteiger charge is 2.22. The molecule has 0 spiro atoms. The number of halogens is 1. The van der Waals surface area contributed by atoms with Gasteiger partial charge in [0.15, 0.2) is 11.8 Å². The second-order valence-corrected chi connectivity index (χ2v) is 8.16. The average Bonchev–Trinajstić information content (AvgIpc) is 3.31. The number of benzene rings is 1. The number of aromatic nitrogens is 5. The molecule has 0 saturated carbocycles. The first-order valence-electron chi connectivity index (χ1n) is 11.0. The van der Waals surface area contributed by atoms with E-state index >= 15 is 0 Å². The number of aryl methyl sites for hydroxylation is 2. The Hall–Kier alpha value is -2.47. The summed E-state index contributed by atoms with van der Waals surface area (Å²) in [6, 6.07) is 10.7. The molecular weight excluding hydrogens is 531 g/mol. The van der Waals surface area contributed by atoms with Gasteiger partial charge < -0.3 is 15.4 Å². The molecule has 3 heterocycles. The predicted molar refractivity (Wildman–Crippen MR) is 139 cm³/mol. The van der Waals surface area contributed by atoms with Crippen molar-refractivity contribution in [3.8, 4) is 0 Å². The number of aliphatic imine (C=N–C) groups is 1. The number of methoxy groups -OCH3 is 1. The Morgan fingerprint density at radius 3 is 2.73 bits per heavy atom. The summed E-state index contributed by atoms with van der Waals surface area (Å²) >= 11 is 0. The maximum Gasteiger partial charge on any atom is 0.191 e. The Morgan fingerprint density at radius 1 is 1.21 bits per heavy atom. The zero-order valence-corrected chi connectivity index (χ0v) is 22.0. The predicted octanol–water partition coefficient (Wildman–Crippen LogP) is 2.58. The van der Waals surface area contributed by atoms with Gasteiger partial charge in [-0.1, -0.05) is 30.3 Å². The molecule has 2 N–H and O–H groups in total. The highest BCUT2D eigenvalue weighted by molar-refractivity contribution is 14.0. The van der Waals surface area contributed by atoms with E-state index in [1.165, 1.54) is 16.8 Å². The molecule has 1 atom stereocenters. The van der Waals surface area contributed by atoms with Crippen LogP contribution in [0.1, 0.15) is 40.6 Å². The second kappa shape index (κ2) is 11.6. The van der Waals surface area contributed by atoms with Gasteiger partial charge in [0.1, 0.15) is 12.4 Å². The summed E-state index contributed by atoms with van der Waals surface area (Å²) in [6.45, 7) is 6.84. The number of hydrogen-bond donors (Lipinski definition) is 2. The monoisotopic (exact) mass is 564 g/mol. The lowest BCUT2D eigenvalue weighted by molar-refractivity contribution is 0.177. The van der Waals surface area contributed by atoms with E-state index in [-0.39, 0.29) is 30.0 Å². The van der Waals surface area contributed by atoms with Gasteiger partial charge in [-0.3, -0.25) is 9.67 Å². The number of guanidine groups is 1. The summed E-state index contributed by atoms with van der Waals surface area (Å²) in [5, 5.41) is 16.3. The molecule has 0 saturated heterocycles. The Bertz CT molecular complexity index is 1080. The smallest absolute Gasteiger partial charge is 0.191 e. The molecule has 1 unspecified atom stereocenters. The molecule has 4 rings (SSSR count).